The number of hydrogen-bond donors (Lipinski definition) is 2. The van der Waals surface area contributed by atoms with Gasteiger partial charge in [-0.3, -0.25) is 0 Å². The Morgan fingerprint density at radius 2 is 1.68 bits per heavy atom. The van der Waals surface area contributed by atoms with E-state index in [1.54, 1.807) is 37.3 Å². The molecule has 5 nitrogen and oxygen atoms in total. The molecule has 31 heavy (non-hydrogen) atoms. The number of halogens is 3. The van der Waals surface area contributed by atoms with E-state index in [1.165, 1.54) is 24.0 Å². The Morgan fingerprint density at radius 1 is 1.10 bits per heavy atom. The minimum atomic E-state index is -0.739. The van der Waals surface area contributed by atoms with E-state index in [1.807, 2.05) is 0 Å². The van der Waals surface area contributed by atoms with E-state index in [4.69, 9.17) is 10.5 Å². The molecule has 0 amide bonds. The number of nitrogens with two attached hydrogens (primary N) is 1. The third-order valence-electron chi connectivity index (χ3n) is 3.69. The van der Waals surface area contributed by atoms with E-state index in [2.05, 4.69) is 4.99 Å². The molecule has 0 fully saturated rings. The fourth-order valence-electron chi connectivity index (χ4n) is 2.35. The largest absolute Gasteiger partial charge is 0.508 e. The monoisotopic (exact) mass is 431 g/mol. The number of rotatable bonds is 4. The summed E-state index contributed by atoms with van der Waals surface area (Å²) in [6.07, 6.45) is 2.04. The fourth-order valence-corrected chi connectivity index (χ4v) is 2.35. The van der Waals surface area contributed by atoms with E-state index in [9.17, 15) is 18.3 Å². The van der Waals surface area contributed by atoms with Crippen molar-refractivity contribution in [2.75, 3.05) is 0 Å². The maximum absolute atomic E-state index is 13.4. The quantitative estimate of drug-likeness (QED) is 0.396. The first kappa shape index (κ1) is 25.2. The Balaban J connectivity index is 0.00000151. The van der Waals surface area contributed by atoms with Crippen molar-refractivity contribution in [3.63, 3.8) is 0 Å². The summed E-state index contributed by atoms with van der Waals surface area (Å²) in [4.78, 5) is 14.3. The van der Waals surface area contributed by atoms with Gasteiger partial charge < -0.3 is 20.5 Å². The molecule has 2 aromatic rings. The van der Waals surface area contributed by atoms with Crippen molar-refractivity contribution >= 4 is 17.9 Å². The summed E-state index contributed by atoms with van der Waals surface area (Å²) in [5.74, 6) is -1.44. The van der Waals surface area contributed by atoms with Crippen LogP contribution in [0.4, 0.5) is 18.9 Å². The van der Waals surface area contributed by atoms with Crippen molar-refractivity contribution in [2.24, 2.45) is 10.7 Å². The van der Waals surface area contributed by atoms with Crippen LogP contribution >= 0.6 is 0 Å². The molecule has 2 rings (SSSR count). The number of hydrogen-bond acceptors (Lipinski definition) is 3. The molecule has 0 radical (unpaired) electrons. The number of aromatic hydroxyl groups is 1. The Bertz CT molecular complexity index is 973. The first-order valence-electron chi connectivity index (χ1n) is 9.16. The van der Waals surface area contributed by atoms with E-state index >= 15 is 0 Å². The SMILES string of the molecule is CC=O.Cc1cccc(O)ccccc1N=C(N)N(/C=C/F)Cc1cc(F)cc(F)c1. The zero-order valence-electron chi connectivity index (χ0n) is 17.2. The van der Waals surface area contributed by atoms with Crippen molar-refractivity contribution in [1.29, 1.82) is 0 Å². The number of benzene rings is 1. The second-order valence-electron chi connectivity index (χ2n) is 6.12. The highest BCUT2D eigenvalue weighted by atomic mass is 19.1. The third kappa shape index (κ3) is 9.49. The number of carbonyl (C=O) groups is 1. The van der Waals surface area contributed by atoms with Crippen molar-refractivity contribution in [3.05, 3.63) is 96.0 Å². The summed E-state index contributed by atoms with van der Waals surface area (Å²) < 4.78 is 39.6. The first-order chi connectivity index (χ1) is 14.8. The number of aldehydes is 1. The van der Waals surface area contributed by atoms with Gasteiger partial charge in [0.25, 0.3) is 0 Å². The van der Waals surface area contributed by atoms with Crippen LogP contribution in [0.1, 0.15) is 18.1 Å². The molecule has 2 aromatic carbocycles. The number of carbonyl (C=O) groups excluding carboxylic acids is 1. The number of aliphatic imine (C=N–C) groups is 1. The lowest BCUT2D eigenvalue weighted by molar-refractivity contribution is -0.106. The molecular weight excluding hydrogens is 407 g/mol. The summed E-state index contributed by atoms with van der Waals surface area (Å²) in [6, 6.07) is 14.4. The molecule has 0 bridgehead atoms. The minimum absolute atomic E-state index is 0.0644. The standard InChI is InChI=1S/C21H20F3N3O.C2H4O/c1-15-5-4-7-19(28)6-2-3-8-20(15)26-21(25)27(10-9-22)14-16-11-17(23)13-18(24)12-16;1-2-3/h2-13,28H,14H2,1H3,(H2,25,26);2H,1H3/b3-2?,5-4?,6-2?,7-4?,8-3?,10-9+,15-5?,19-6?,19-7?,20-8?,20-15?;. The lowest BCUT2D eigenvalue weighted by Crippen LogP contribution is -2.32. The lowest BCUT2D eigenvalue weighted by atomic mass is 10.2. The Kier molecular flexibility index (Phi) is 10.9. The molecule has 3 N–H and O–H groups in total. The molecule has 0 aliphatic rings. The van der Waals surface area contributed by atoms with Crippen molar-refractivity contribution in [3.8, 4) is 5.75 Å². The van der Waals surface area contributed by atoms with Gasteiger partial charge >= 0.3 is 0 Å². The second kappa shape index (κ2) is 13.4. The van der Waals surface area contributed by atoms with Crippen molar-refractivity contribution in [2.45, 2.75) is 20.4 Å². The second-order valence-corrected chi connectivity index (χ2v) is 6.12. The Hall–Kier alpha value is -3.81. The van der Waals surface area contributed by atoms with E-state index in [0.717, 1.165) is 36.2 Å². The van der Waals surface area contributed by atoms with Crippen LogP contribution in [0.2, 0.25) is 0 Å². The van der Waals surface area contributed by atoms with Gasteiger partial charge in [-0.05, 0) is 55.3 Å². The summed E-state index contributed by atoms with van der Waals surface area (Å²) >= 11 is 0. The van der Waals surface area contributed by atoms with Crippen LogP contribution in [0, 0.1) is 18.6 Å². The predicted molar refractivity (Wildman–Crippen MR) is 116 cm³/mol. The highest BCUT2D eigenvalue weighted by Gasteiger charge is 2.09. The van der Waals surface area contributed by atoms with Crippen LogP contribution in [-0.2, 0) is 11.3 Å². The molecule has 164 valence electrons. The number of nitrogens with zero attached hydrogens (tertiary/aromatic N) is 2. The molecule has 0 saturated carbocycles. The summed E-state index contributed by atoms with van der Waals surface area (Å²) in [6.45, 7) is 3.16. The van der Waals surface area contributed by atoms with Crippen LogP contribution in [-0.4, -0.2) is 22.3 Å². The minimum Gasteiger partial charge on any atom is -0.508 e. The maximum atomic E-state index is 13.4. The zero-order valence-corrected chi connectivity index (χ0v) is 17.2. The maximum Gasteiger partial charge on any atom is 0.200 e. The van der Waals surface area contributed by atoms with E-state index in [0.29, 0.717) is 5.69 Å². The molecule has 0 atom stereocenters. The van der Waals surface area contributed by atoms with E-state index < -0.39 is 11.6 Å². The third-order valence-corrected chi connectivity index (χ3v) is 3.69. The van der Waals surface area contributed by atoms with Crippen LogP contribution in [0.15, 0.2) is 78.2 Å². The Labute approximate surface area is 179 Å². The highest BCUT2D eigenvalue weighted by Crippen LogP contribution is 2.17. The predicted octanol–water partition coefficient (Wildman–Crippen LogP) is 5.20. The van der Waals surface area contributed by atoms with Gasteiger partial charge in [0.2, 0.25) is 5.96 Å². The molecule has 0 saturated heterocycles. The molecular formula is C23H24F3N3O2. The number of guanidine groups is 1. The Morgan fingerprint density at radius 3 is 2.29 bits per heavy atom. The molecule has 0 spiro atoms. The average Bonchev–Trinajstić information content (AvgIpc) is 2.69. The molecule has 0 heterocycles. The van der Waals surface area contributed by atoms with E-state index in [-0.39, 0.29) is 30.1 Å². The van der Waals surface area contributed by atoms with Gasteiger partial charge in [0, 0.05) is 12.3 Å². The number of aryl methyl sites for hydroxylation is 1. The summed E-state index contributed by atoms with van der Waals surface area (Å²) in [5, 5.41) is 9.56. The van der Waals surface area contributed by atoms with Gasteiger partial charge in [-0.25, -0.2) is 18.2 Å². The molecule has 0 unspecified atom stereocenters. The smallest absolute Gasteiger partial charge is 0.200 e. The molecule has 0 aliphatic heterocycles. The van der Waals surface area contributed by atoms with Gasteiger partial charge in [0.05, 0.1) is 12.2 Å². The van der Waals surface area contributed by atoms with Gasteiger partial charge in [-0.1, -0.05) is 24.3 Å². The summed E-state index contributed by atoms with van der Waals surface area (Å²) in [5.41, 5.74) is 7.51. The van der Waals surface area contributed by atoms with Crippen LogP contribution in [0.3, 0.4) is 0 Å². The van der Waals surface area contributed by atoms with Crippen LogP contribution in [0.5, 0.6) is 5.75 Å². The first-order valence-corrected chi connectivity index (χ1v) is 9.16. The van der Waals surface area contributed by atoms with Crippen molar-refractivity contribution in [1.82, 2.24) is 4.90 Å². The topological polar surface area (TPSA) is 78.9 Å². The highest BCUT2D eigenvalue weighted by molar-refractivity contribution is 5.82. The zero-order chi connectivity index (χ0) is 23.2. The molecule has 0 aliphatic carbocycles. The lowest BCUT2D eigenvalue weighted by Gasteiger charge is -2.19. The van der Waals surface area contributed by atoms with Gasteiger partial charge in [-0.15, -0.1) is 0 Å². The fraction of sp³-hybridized carbons (Fsp3) is 0.130. The summed E-state index contributed by atoms with van der Waals surface area (Å²) in [7, 11) is 0. The van der Waals surface area contributed by atoms with Gasteiger partial charge in [-0.2, -0.15) is 0 Å². The molecule has 8 heteroatoms. The van der Waals surface area contributed by atoms with Crippen LogP contribution in [0.25, 0.3) is 0 Å². The molecule has 0 aromatic heterocycles. The van der Waals surface area contributed by atoms with Gasteiger partial charge in [0.1, 0.15) is 30.0 Å². The van der Waals surface area contributed by atoms with Gasteiger partial charge in [0.15, 0.2) is 0 Å². The van der Waals surface area contributed by atoms with Crippen molar-refractivity contribution < 1.29 is 23.1 Å². The van der Waals surface area contributed by atoms with Crippen LogP contribution < -0.4 is 5.73 Å². The normalized spacial score (nSPS) is 10.7. The average molecular weight is 431 g/mol.